The Morgan fingerprint density at radius 1 is 0.444 bits per heavy atom. The van der Waals surface area contributed by atoms with Crippen molar-refractivity contribution in [3.05, 3.63) is 12.4 Å². The molecule has 0 bridgehead atoms. The Hall–Kier alpha value is -0.660. The molecule has 0 fully saturated rings. The SMILES string of the molecule is CCCCCCCCCCCCCCCCCN1C=CN(CCCCC)C1. The molecule has 0 aromatic rings. The van der Waals surface area contributed by atoms with Crippen LogP contribution in [0.5, 0.6) is 0 Å². The van der Waals surface area contributed by atoms with Crippen molar-refractivity contribution in [3.8, 4) is 0 Å². The molecule has 0 saturated carbocycles. The first-order valence-electron chi connectivity index (χ1n) is 12.5. The molecule has 0 spiro atoms. The van der Waals surface area contributed by atoms with Crippen molar-refractivity contribution < 1.29 is 0 Å². The summed E-state index contributed by atoms with van der Waals surface area (Å²) in [6.07, 6.45) is 30.3. The molecule has 1 aliphatic heterocycles. The van der Waals surface area contributed by atoms with Gasteiger partial charge in [0.2, 0.25) is 0 Å². The monoisotopic (exact) mass is 378 g/mol. The predicted molar refractivity (Wildman–Crippen MR) is 122 cm³/mol. The molecule has 0 atom stereocenters. The van der Waals surface area contributed by atoms with Crippen LogP contribution >= 0.6 is 0 Å². The lowest BCUT2D eigenvalue weighted by atomic mass is 10.0. The maximum atomic E-state index is 2.49. The van der Waals surface area contributed by atoms with Crippen LogP contribution in [0.4, 0.5) is 0 Å². The molecule has 0 amide bonds. The van der Waals surface area contributed by atoms with Gasteiger partial charge < -0.3 is 9.80 Å². The average molecular weight is 379 g/mol. The largest absolute Gasteiger partial charge is 0.359 e. The number of hydrogen-bond acceptors (Lipinski definition) is 2. The van der Waals surface area contributed by atoms with Crippen molar-refractivity contribution in [2.24, 2.45) is 0 Å². The fourth-order valence-corrected chi connectivity index (χ4v) is 4.06. The minimum Gasteiger partial charge on any atom is -0.359 e. The lowest BCUT2D eigenvalue weighted by molar-refractivity contribution is 0.257. The average Bonchev–Trinajstić information content (AvgIpc) is 3.13. The van der Waals surface area contributed by atoms with Gasteiger partial charge in [-0.1, -0.05) is 117 Å². The van der Waals surface area contributed by atoms with Gasteiger partial charge >= 0.3 is 0 Å². The zero-order valence-electron chi connectivity index (χ0n) is 18.9. The fraction of sp³-hybridized carbons (Fsp3) is 0.920. The third kappa shape index (κ3) is 15.0. The first-order chi connectivity index (χ1) is 13.4. The van der Waals surface area contributed by atoms with Gasteiger partial charge in [-0.25, -0.2) is 0 Å². The van der Waals surface area contributed by atoms with Crippen LogP contribution in [0, 0.1) is 0 Å². The second-order valence-electron chi connectivity index (χ2n) is 8.72. The van der Waals surface area contributed by atoms with E-state index in [9.17, 15) is 0 Å². The van der Waals surface area contributed by atoms with Crippen molar-refractivity contribution in [2.45, 2.75) is 129 Å². The minimum absolute atomic E-state index is 1.13. The summed E-state index contributed by atoms with van der Waals surface area (Å²) >= 11 is 0. The highest BCUT2D eigenvalue weighted by Crippen LogP contribution is 2.14. The van der Waals surface area contributed by atoms with Crippen molar-refractivity contribution >= 4 is 0 Å². The molecule has 1 rings (SSSR count). The maximum absolute atomic E-state index is 2.49. The van der Waals surface area contributed by atoms with Crippen LogP contribution in [0.2, 0.25) is 0 Å². The normalized spacial score (nSPS) is 13.9. The Morgan fingerprint density at radius 2 is 0.741 bits per heavy atom. The van der Waals surface area contributed by atoms with E-state index >= 15 is 0 Å². The van der Waals surface area contributed by atoms with Gasteiger partial charge in [0.15, 0.2) is 0 Å². The van der Waals surface area contributed by atoms with Crippen LogP contribution in [-0.2, 0) is 0 Å². The van der Waals surface area contributed by atoms with Crippen molar-refractivity contribution in [1.82, 2.24) is 9.80 Å². The number of unbranched alkanes of at least 4 members (excludes halogenated alkanes) is 16. The molecular weight excluding hydrogens is 328 g/mol. The molecule has 0 saturated heterocycles. The summed E-state index contributed by atoms with van der Waals surface area (Å²) in [5.74, 6) is 0. The molecule has 0 aromatic carbocycles. The fourth-order valence-electron chi connectivity index (χ4n) is 4.06. The van der Waals surface area contributed by atoms with E-state index in [0.717, 1.165) is 6.67 Å². The van der Waals surface area contributed by atoms with Gasteiger partial charge in [0.1, 0.15) is 0 Å². The van der Waals surface area contributed by atoms with Crippen LogP contribution in [0.3, 0.4) is 0 Å². The summed E-state index contributed by atoms with van der Waals surface area (Å²) < 4.78 is 0. The molecule has 0 aromatic heterocycles. The number of nitrogens with zero attached hydrogens (tertiary/aromatic N) is 2. The quantitative estimate of drug-likeness (QED) is 0.197. The molecule has 0 unspecified atom stereocenters. The Morgan fingerprint density at radius 3 is 1.15 bits per heavy atom. The zero-order chi connectivity index (χ0) is 19.4. The molecule has 0 radical (unpaired) electrons. The molecule has 160 valence electrons. The Kier molecular flexibility index (Phi) is 16.9. The van der Waals surface area contributed by atoms with Crippen molar-refractivity contribution in [1.29, 1.82) is 0 Å². The first kappa shape index (κ1) is 24.4. The van der Waals surface area contributed by atoms with E-state index in [1.807, 2.05) is 0 Å². The highest BCUT2D eigenvalue weighted by molar-refractivity contribution is 4.90. The van der Waals surface area contributed by atoms with Crippen molar-refractivity contribution in [2.75, 3.05) is 19.8 Å². The van der Waals surface area contributed by atoms with E-state index < -0.39 is 0 Å². The van der Waals surface area contributed by atoms with E-state index in [2.05, 4.69) is 36.0 Å². The van der Waals surface area contributed by atoms with E-state index in [4.69, 9.17) is 0 Å². The highest BCUT2D eigenvalue weighted by Gasteiger charge is 2.10. The van der Waals surface area contributed by atoms with Crippen LogP contribution in [0.15, 0.2) is 12.4 Å². The smallest absolute Gasteiger partial charge is 0.0893 e. The van der Waals surface area contributed by atoms with E-state index in [-0.39, 0.29) is 0 Å². The van der Waals surface area contributed by atoms with E-state index in [1.54, 1.807) is 0 Å². The molecule has 1 heterocycles. The van der Waals surface area contributed by atoms with Crippen LogP contribution in [0.25, 0.3) is 0 Å². The van der Waals surface area contributed by atoms with Gasteiger partial charge in [-0.2, -0.15) is 0 Å². The summed E-state index contributed by atoms with van der Waals surface area (Å²) in [5.41, 5.74) is 0. The van der Waals surface area contributed by atoms with Gasteiger partial charge in [0.05, 0.1) is 6.67 Å². The van der Waals surface area contributed by atoms with Gasteiger partial charge in [-0.3, -0.25) is 0 Å². The van der Waals surface area contributed by atoms with E-state index in [1.165, 1.54) is 129 Å². The molecule has 1 aliphatic rings. The number of rotatable bonds is 20. The standard InChI is InChI=1S/C25H50N2/c1-3-5-7-8-9-10-11-12-13-14-15-16-17-18-20-22-27-24-23-26(25-27)21-19-6-4-2/h23-24H,3-22,25H2,1-2H3. The van der Waals surface area contributed by atoms with Gasteiger partial charge in [-0.15, -0.1) is 0 Å². The maximum Gasteiger partial charge on any atom is 0.0893 e. The Balaban J connectivity index is 1.74. The lowest BCUT2D eigenvalue weighted by Crippen LogP contribution is -2.26. The van der Waals surface area contributed by atoms with Gasteiger partial charge in [0, 0.05) is 25.5 Å². The van der Waals surface area contributed by atoms with Crippen LogP contribution in [-0.4, -0.2) is 29.6 Å². The third-order valence-electron chi connectivity index (χ3n) is 5.95. The second-order valence-corrected chi connectivity index (χ2v) is 8.72. The number of hydrogen-bond donors (Lipinski definition) is 0. The third-order valence-corrected chi connectivity index (χ3v) is 5.95. The minimum atomic E-state index is 1.13. The van der Waals surface area contributed by atoms with Gasteiger partial charge in [0.25, 0.3) is 0 Å². The summed E-state index contributed by atoms with van der Waals surface area (Å²) in [5, 5.41) is 0. The topological polar surface area (TPSA) is 6.48 Å². The molecule has 2 nitrogen and oxygen atoms in total. The molecule has 27 heavy (non-hydrogen) atoms. The van der Waals surface area contributed by atoms with Crippen LogP contribution in [0.1, 0.15) is 129 Å². The molecule has 0 N–H and O–H groups in total. The lowest BCUT2D eigenvalue weighted by Gasteiger charge is -2.21. The first-order valence-corrected chi connectivity index (χ1v) is 12.5. The molecular formula is C25H50N2. The Labute approximate surface area is 171 Å². The molecule has 2 heteroatoms. The zero-order valence-corrected chi connectivity index (χ0v) is 18.9. The highest BCUT2D eigenvalue weighted by atomic mass is 15.3. The Bertz CT molecular complexity index is 326. The summed E-state index contributed by atoms with van der Waals surface area (Å²) in [4.78, 5) is 4.97. The van der Waals surface area contributed by atoms with Crippen molar-refractivity contribution in [3.63, 3.8) is 0 Å². The van der Waals surface area contributed by atoms with Gasteiger partial charge in [-0.05, 0) is 12.8 Å². The predicted octanol–water partition coefficient (Wildman–Crippen LogP) is 8.09. The summed E-state index contributed by atoms with van der Waals surface area (Å²) in [6, 6.07) is 0. The summed E-state index contributed by atoms with van der Waals surface area (Å²) in [7, 11) is 0. The second kappa shape index (κ2) is 18.7. The molecule has 0 aliphatic carbocycles. The van der Waals surface area contributed by atoms with E-state index in [0.29, 0.717) is 0 Å². The summed E-state index contributed by atoms with van der Waals surface area (Å²) in [6.45, 7) is 8.19. The van der Waals surface area contributed by atoms with Crippen LogP contribution < -0.4 is 0 Å².